The van der Waals surface area contributed by atoms with Gasteiger partial charge in [-0.05, 0) is 27.1 Å². The van der Waals surface area contributed by atoms with Crippen LogP contribution in [0.25, 0.3) is 0 Å². The van der Waals surface area contributed by atoms with Crippen molar-refractivity contribution in [3.8, 4) is 6.07 Å². The lowest BCUT2D eigenvalue weighted by atomic mass is 10.1. The first-order chi connectivity index (χ1) is 11.4. The normalized spacial score (nSPS) is 10.1. The Morgan fingerprint density at radius 1 is 1.42 bits per heavy atom. The van der Waals surface area contributed by atoms with Crippen molar-refractivity contribution in [2.24, 2.45) is 0 Å². The molecule has 0 aliphatic heterocycles. The van der Waals surface area contributed by atoms with Gasteiger partial charge in [0.05, 0.1) is 17.9 Å². The number of nitriles is 1. The molecule has 1 aromatic rings. The van der Waals surface area contributed by atoms with Crippen LogP contribution in [0.4, 0.5) is 4.39 Å². The second kappa shape index (κ2) is 11.3. The summed E-state index contributed by atoms with van der Waals surface area (Å²) in [5.41, 5.74) is -1.27. The quantitative estimate of drug-likeness (QED) is 0.607. The molecule has 0 aliphatic rings. The Labute approximate surface area is 139 Å². The highest BCUT2D eigenvalue weighted by molar-refractivity contribution is 5.90. The van der Waals surface area contributed by atoms with Crippen molar-refractivity contribution in [1.29, 1.82) is 5.26 Å². The molecule has 1 heterocycles. The number of H-pyrrole nitrogens is 1. The summed E-state index contributed by atoms with van der Waals surface area (Å²) in [5, 5.41) is 8.60. The molecule has 0 saturated heterocycles. The number of rotatable bonds is 6. The first-order valence-electron chi connectivity index (χ1n) is 6.97. The summed E-state index contributed by atoms with van der Waals surface area (Å²) in [6.45, 7) is 0.727. The fourth-order valence-electron chi connectivity index (χ4n) is 1.67. The fourth-order valence-corrected chi connectivity index (χ4v) is 1.67. The van der Waals surface area contributed by atoms with E-state index in [1.807, 2.05) is 19.0 Å². The lowest BCUT2D eigenvalue weighted by Crippen LogP contribution is -2.30. The van der Waals surface area contributed by atoms with E-state index in [1.165, 1.54) is 0 Å². The maximum absolute atomic E-state index is 12.5. The summed E-state index contributed by atoms with van der Waals surface area (Å²) in [5.74, 6) is -0.761. The standard InChI is InChI=1S/C10H9FN2O3.C5H13NO2/c1-2-16-10(15)7-3-6(5-12)9(14)13-8(7)4-11;1-6(2)5(7-3)8-4/h3H,2,4H2,1H3,(H,13,14);5H,1-4H3. The highest BCUT2D eigenvalue weighted by atomic mass is 19.1. The number of carbonyl (C=O) groups is 1. The number of nitrogens with one attached hydrogen (secondary N) is 1. The van der Waals surface area contributed by atoms with Gasteiger partial charge in [-0.2, -0.15) is 5.26 Å². The third-order valence-corrected chi connectivity index (χ3v) is 2.70. The van der Waals surface area contributed by atoms with Crippen molar-refractivity contribution in [1.82, 2.24) is 9.88 Å². The molecule has 0 unspecified atom stereocenters. The molecule has 1 N–H and O–H groups in total. The number of aromatic nitrogens is 1. The number of carbonyl (C=O) groups excluding carboxylic acids is 1. The Hall–Kier alpha value is -2.28. The van der Waals surface area contributed by atoms with E-state index in [2.05, 4.69) is 9.72 Å². The number of esters is 1. The van der Waals surface area contributed by atoms with Crippen LogP contribution in [0.2, 0.25) is 0 Å². The average Bonchev–Trinajstić information content (AvgIpc) is 2.56. The third kappa shape index (κ3) is 6.45. The predicted octanol–water partition coefficient (Wildman–Crippen LogP) is 1.02. The second-order valence-corrected chi connectivity index (χ2v) is 4.61. The predicted molar refractivity (Wildman–Crippen MR) is 84.0 cm³/mol. The maximum atomic E-state index is 12.5. The lowest BCUT2D eigenvalue weighted by molar-refractivity contribution is -0.179. The zero-order chi connectivity index (χ0) is 18.7. The molecule has 1 rings (SSSR count). The Morgan fingerprint density at radius 2 is 2.00 bits per heavy atom. The van der Waals surface area contributed by atoms with E-state index in [9.17, 15) is 14.0 Å². The summed E-state index contributed by atoms with van der Waals surface area (Å²) in [6.07, 6.45) is -0.213. The highest BCUT2D eigenvalue weighted by Gasteiger charge is 2.16. The Morgan fingerprint density at radius 3 is 2.33 bits per heavy atom. The van der Waals surface area contributed by atoms with Crippen LogP contribution in [-0.4, -0.2) is 57.2 Å². The minimum atomic E-state index is -1.00. The molecular weight excluding hydrogens is 321 g/mol. The summed E-state index contributed by atoms with van der Waals surface area (Å²) in [4.78, 5) is 26.5. The zero-order valence-corrected chi connectivity index (χ0v) is 14.4. The maximum Gasteiger partial charge on any atom is 0.340 e. The van der Waals surface area contributed by atoms with Crippen LogP contribution in [0.15, 0.2) is 10.9 Å². The summed E-state index contributed by atoms with van der Waals surface area (Å²) in [7, 11) is 6.98. The molecule has 0 atom stereocenters. The van der Waals surface area contributed by atoms with Crippen LogP contribution in [0.3, 0.4) is 0 Å². The Bertz CT molecular complexity index is 621. The van der Waals surface area contributed by atoms with Crippen LogP contribution in [0, 0.1) is 11.3 Å². The SMILES string of the molecule is CCOC(=O)c1cc(C#N)c(=O)[nH]c1CF.COC(OC)N(C)C. The van der Waals surface area contributed by atoms with Crippen molar-refractivity contribution >= 4 is 5.97 Å². The molecule has 0 aromatic carbocycles. The van der Waals surface area contributed by atoms with Gasteiger partial charge in [0.2, 0.25) is 6.41 Å². The Balaban J connectivity index is 0.000000561. The minimum absolute atomic E-state index is 0.125. The molecule has 0 fully saturated rings. The van der Waals surface area contributed by atoms with Crippen molar-refractivity contribution < 1.29 is 23.4 Å². The van der Waals surface area contributed by atoms with E-state index in [0.29, 0.717) is 0 Å². The molecule has 134 valence electrons. The monoisotopic (exact) mass is 343 g/mol. The van der Waals surface area contributed by atoms with Gasteiger partial charge in [-0.3, -0.25) is 9.69 Å². The van der Waals surface area contributed by atoms with E-state index in [0.717, 1.165) is 6.07 Å². The number of hydrogen-bond acceptors (Lipinski definition) is 7. The summed E-state index contributed by atoms with van der Waals surface area (Å²) >= 11 is 0. The zero-order valence-electron chi connectivity index (χ0n) is 14.4. The Kier molecular flexibility index (Phi) is 10.2. The second-order valence-electron chi connectivity index (χ2n) is 4.61. The number of ether oxygens (including phenoxy) is 3. The van der Waals surface area contributed by atoms with Crippen molar-refractivity contribution in [3.05, 3.63) is 33.2 Å². The van der Waals surface area contributed by atoms with Crippen molar-refractivity contribution in [2.45, 2.75) is 20.0 Å². The van der Waals surface area contributed by atoms with Gasteiger partial charge in [0.15, 0.2) is 0 Å². The molecule has 0 radical (unpaired) electrons. The van der Waals surface area contributed by atoms with Crippen LogP contribution in [0.5, 0.6) is 0 Å². The van der Waals surface area contributed by atoms with Gasteiger partial charge in [0.25, 0.3) is 5.56 Å². The first-order valence-corrected chi connectivity index (χ1v) is 6.97. The molecule has 1 aromatic heterocycles. The molecule has 8 nitrogen and oxygen atoms in total. The van der Waals surface area contributed by atoms with E-state index in [-0.39, 0.29) is 29.8 Å². The first kappa shape index (κ1) is 21.7. The summed E-state index contributed by atoms with van der Waals surface area (Å²) in [6, 6.07) is 2.64. The average molecular weight is 343 g/mol. The van der Waals surface area contributed by atoms with Crippen molar-refractivity contribution in [3.63, 3.8) is 0 Å². The lowest BCUT2D eigenvalue weighted by Gasteiger charge is -2.19. The van der Waals surface area contributed by atoms with Gasteiger partial charge in [0, 0.05) is 14.2 Å². The van der Waals surface area contributed by atoms with Gasteiger partial charge >= 0.3 is 5.97 Å². The molecule has 0 bridgehead atoms. The molecule has 9 heteroatoms. The summed E-state index contributed by atoms with van der Waals surface area (Å²) < 4.78 is 26.9. The fraction of sp³-hybridized carbons (Fsp3) is 0.533. The van der Waals surface area contributed by atoms with Gasteiger partial charge in [-0.1, -0.05) is 0 Å². The number of hydrogen-bond donors (Lipinski definition) is 1. The van der Waals surface area contributed by atoms with E-state index < -0.39 is 18.2 Å². The molecule has 0 saturated carbocycles. The molecule has 24 heavy (non-hydrogen) atoms. The van der Waals surface area contributed by atoms with Gasteiger partial charge in [0.1, 0.15) is 18.3 Å². The van der Waals surface area contributed by atoms with Crippen LogP contribution < -0.4 is 5.56 Å². The number of nitrogens with zero attached hydrogens (tertiary/aromatic N) is 2. The van der Waals surface area contributed by atoms with E-state index >= 15 is 0 Å². The number of methoxy groups -OCH3 is 2. The molecule has 0 amide bonds. The molecule has 0 spiro atoms. The largest absolute Gasteiger partial charge is 0.462 e. The molecule has 0 aliphatic carbocycles. The minimum Gasteiger partial charge on any atom is -0.462 e. The van der Waals surface area contributed by atoms with Crippen LogP contribution in [0.1, 0.15) is 28.5 Å². The van der Waals surface area contributed by atoms with Crippen LogP contribution >= 0.6 is 0 Å². The number of aromatic amines is 1. The number of alkyl halides is 1. The van der Waals surface area contributed by atoms with E-state index in [4.69, 9.17) is 14.7 Å². The van der Waals surface area contributed by atoms with Gasteiger partial charge < -0.3 is 19.2 Å². The van der Waals surface area contributed by atoms with Gasteiger partial charge in [-0.25, -0.2) is 9.18 Å². The van der Waals surface area contributed by atoms with Gasteiger partial charge in [-0.15, -0.1) is 0 Å². The number of pyridine rings is 1. The smallest absolute Gasteiger partial charge is 0.340 e. The highest BCUT2D eigenvalue weighted by Crippen LogP contribution is 2.09. The van der Waals surface area contributed by atoms with Crippen molar-refractivity contribution in [2.75, 3.05) is 34.9 Å². The topological polar surface area (TPSA) is 105 Å². The third-order valence-electron chi connectivity index (χ3n) is 2.70. The van der Waals surface area contributed by atoms with Crippen LogP contribution in [-0.2, 0) is 20.9 Å². The van der Waals surface area contributed by atoms with E-state index in [1.54, 1.807) is 27.2 Å². The molecular formula is C15H22FN3O5. The number of halogens is 1.